The number of rotatable bonds is 5. The Morgan fingerprint density at radius 1 is 1.30 bits per heavy atom. The van der Waals surface area contributed by atoms with Gasteiger partial charge in [0.25, 0.3) is 0 Å². The minimum atomic E-state index is 0.0771. The number of hydrogen-bond donors (Lipinski definition) is 1. The molecule has 2 rings (SSSR count). The fourth-order valence-corrected chi connectivity index (χ4v) is 2.61. The zero-order valence-electron chi connectivity index (χ0n) is 12.3. The van der Waals surface area contributed by atoms with Gasteiger partial charge in [0.1, 0.15) is 5.82 Å². The van der Waals surface area contributed by atoms with Crippen LogP contribution >= 0.6 is 15.9 Å². The molecule has 0 aliphatic carbocycles. The predicted molar refractivity (Wildman–Crippen MR) is 82.6 cm³/mol. The Morgan fingerprint density at radius 3 is 2.50 bits per heavy atom. The van der Waals surface area contributed by atoms with Crippen LogP contribution in [0.3, 0.4) is 0 Å². The lowest BCUT2D eigenvalue weighted by Gasteiger charge is -2.16. The number of aryl methyl sites for hydroxylation is 3. The van der Waals surface area contributed by atoms with Crippen LogP contribution in [0.4, 0.5) is 0 Å². The molecule has 0 saturated carbocycles. The Morgan fingerprint density at radius 2 is 1.95 bits per heavy atom. The van der Waals surface area contributed by atoms with Crippen molar-refractivity contribution in [3.63, 3.8) is 0 Å². The lowest BCUT2D eigenvalue weighted by Crippen LogP contribution is -2.23. The van der Waals surface area contributed by atoms with Crippen molar-refractivity contribution in [1.82, 2.24) is 25.1 Å². The third-order valence-electron chi connectivity index (χ3n) is 3.31. The largest absolute Gasteiger partial charge is 0.310 e. The fraction of sp³-hybridized carbons (Fsp3) is 0.500. The van der Waals surface area contributed by atoms with E-state index in [1.807, 2.05) is 38.0 Å². The SMILES string of the molecule is CCn1nc(C)c(Br)c1CC(NC)c1ncc(C)cn1. The summed E-state index contributed by atoms with van der Waals surface area (Å²) in [6.07, 6.45) is 4.50. The van der Waals surface area contributed by atoms with Crippen LogP contribution < -0.4 is 5.32 Å². The maximum absolute atomic E-state index is 4.52. The van der Waals surface area contributed by atoms with Crippen LogP contribution in [0, 0.1) is 13.8 Å². The number of nitrogens with one attached hydrogen (secondary N) is 1. The van der Waals surface area contributed by atoms with Gasteiger partial charge in [-0.2, -0.15) is 5.10 Å². The molecule has 2 aromatic rings. The minimum Gasteiger partial charge on any atom is -0.310 e. The van der Waals surface area contributed by atoms with Crippen molar-refractivity contribution in [3.05, 3.63) is 39.6 Å². The first-order chi connectivity index (χ1) is 9.56. The Hall–Kier alpha value is -1.27. The van der Waals surface area contributed by atoms with Gasteiger partial charge in [-0.25, -0.2) is 9.97 Å². The van der Waals surface area contributed by atoms with Crippen LogP contribution in [0.1, 0.15) is 35.7 Å². The second-order valence-corrected chi connectivity index (χ2v) is 5.62. The molecule has 1 atom stereocenters. The van der Waals surface area contributed by atoms with Crippen LogP contribution in [-0.4, -0.2) is 26.8 Å². The smallest absolute Gasteiger partial charge is 0.145 e. The molecular weight excluding hydrogens is 318 g/mol. The van der Waals surface area contributed by atoms with Crippen LogP contribution in [0.2, 0.25) is 0 Å². The first-order valence-corrected chi connectivity index (χ1v) is 7.53. The van der Waals surface area contributed by atoms with Crippen molar-refractivity contribution in [1.29, 1.82) is 0 Å². The van der Waals surface area contributed by atoms with Crippen LogP contribution in [0.15, 0.2) is 16.9 Å². The van der Waals surface area contributed by atoms with Gasteiger partial charge in [-0.1, -0.05) is 0 Å². The summed E-state index contributed by atoms with van der Waals surface area (Å²) in [5.74, 6) is 0.812. The third-order valence-corrected chi connectivity index (χ3v) is 4.34. The lowest BCUT2D eigenvalue weighted by molar-refractivity contribution is 0.518. The standard InChI is InChI=1S/C14H20BrN5/c1-5-20-12(13(15)10(3)19-20)6-11(16-4)14-17-7-9(2)8-18-14/h7-8,11,16H,5-6H2,1-4H3. The molecule has 0 saturated heterocycles. The molecule has 2 heterocycles. The van der Waals surface area contributed by atoms with Gasteiger partial charge in [0.15, 0.2) is 0 Å². The molecule has 0 aliphatic heterocycles. The van der Waals surface area contributed by atoms with Crippen molar-refractivity contribution >= 4 is 15.9 Å². The second-order valence-electron chi connectivity index (χ2n) is 4.83. The summed E-state index contributed by atoms with van der Waals surface area (Å²) in [6.45, 7) is 6.95. The molecule has 0 aromatic carbocycles. The predicted octanol–water partition coefficient (Wildman–Crippen LogP) is 2.58. The van der Waals surface area contributed by atoms with Crippen molar-refractivity contribution in [2.24, 2.45) is 0 Å². The first kappa shape index (κ1) is 15.1. The average molecular weight is 338 g/mol. The maximum Gasteiger partial charge on any atom is 0.145 e. The van der Waals surface area contributed by atoms with E-state index in [4.69, 9.17) is 0 Å². The van der Waals surface area contributed by atoms with Crippen LogP contribution in [0.5, 0.6) is 0 Å². The van der Waals surface area contributed by atoms with Gasteiger partial charge < -0.3 is 5.32 Å². The number of aromatic nitrogens is 4. The average Bonchev–Trinajstić information content (AvgIpc) is 2.73. The van der Waals surface area contributed by atoms with E-state index >= 15 is 0 Å². The molecule has 0 bridgehead atoms. The van der Waals surface area contributed by atoms with Crippen LogP contribution in [-0.2, 0) is 13.0 Å². The summed E-state index contributed by atoms with van der Waals surface area (Å²) in [5, 5.41) is 7.81. The van der Waals surface area contributed by atoms with E-state index in [0.29, 0.717) is 0 Å². The molecule has 0 amide bonds. The van der Waals surface area contributed by atoms with Gasteiger partial charge in [0.2, 0.25) is 0 Å². The highest BCUT2D eigenvalue weighted by Gasteiger charge is 2.19. The zero-order chi connectivity index (χ0) is 14.7. The molecule has 0 spiro atoms. The Labute approximate surface area is 128 Å². The van der Waals surface area contributed by atoms with Crippen molar-refractivity contribution in [2.75, 3.05) is 7.05 Å². The molecule has 108 valence electrons. The molecule has 0 fully saturated rings. The number of hydrogen-bond acceptors (Lipinski definition) is 4. The van der Waals surface area contributed by atoms with E-state index in [2.05, 4.69) is 43.2 Å². The van der Waals surface area contributed by atoms with Gasteiger partial charge in [0, 0.05) is 25.4 Å². The van der Waals surface area contributed by atoms with E-state index in [1.165, 1.54) is 5.69 Å². The molecule has 5 nitrogen and oxygen atoms in total. The maximum atomic E-state index is 4.52. The quantitative estimate of drug-likeness (QED) is 0.910. The van der Waals surface area contributed by atoms with Gasteiger partial charge in [-0.3, -0.25) is 4.68 Å². The molecule has 2 aromatic heterocycles. The molecule has 0 radical (unpaired) electrons. The Balaban J connectivity index is 2.28. The highest BCUT2D eigenvalue weighted by molar-refractivity contribution is 9.10. The molecule has 1 N–H and O–H groups in total. The van der Waals surface area contributed by atoms with Gasteiger partial charge in [-0.05, 0) is 49.3 Å². The first-order valence-electron chi connectivity index (χ1n) is 6.74. The number of likely N-dealkylation sites (N-methyl/N-ethyl adjacent to an activating group) is 1. The molecule has 0 aliphatic rings. The lowest BCUT2D eigenvalue weighted by atomic mass is 10.1. The van der Waals surface area contributed by atoms with Crippen molar-refractivity contribution < 1.29 is 0 Å². The minimum absolute atomic E-state index is 0.0771. The Kier molecular flexibility index (Phi) is 4.88. The molecule has 6 heteroatoms. The summed E-state index contributed by atoms with van der Waals surface area (Å²) >= 11 is 3.63. The number of nitrogens with zero attached hydrogens (tertiary/aromatic N) is 4. The van der Waals surface area contributed by atoms with Crippen molar-refractivity contribution in [3.8, 4) is 0 Å². The van der Waals surface area contributed by atoms with E-state index < -0.39 is 0 Å². The van der Waals surface area contributed by atoms with Gasteiger partial charge in [-0.15, -0.1) is 0 Å². The summed E-state index contributed by atoms with van der Waals surface area (Å²) < 4.78 is 3.10. The third kappa shape index (κ3) is 3.07. The fourth-order valence-electron chi connectivity index (χ4n) is 2.16. The van der Waals surface area contributed by atoms with E-state index in [9.17, 15) is 0 Å². The molecule has 1 unspecified atom stereocenters. The number of halogens is 1. The summed E-state index contributed by atoms with van der Waals surface area (Å²) in [4.78, 5) is 8.84. The van der Waals surface area contributed by atoms with Crippen molar-refractivity contribution in [2.45, 2.75) is 39.8 Å². The molecule has 20 heavy (non-hydrogen) atoms. The van der Waals surface area contributed by atoms with E-state index in [-0.39, 0.29) is 6.04 Å². The molecular formula is C14H20BrN5. The summed E-state index contributed by atoms with van der Waals surface area (Å²) in [5.41, 5.74) is 3.26. The monoisotopic (exact) mass is 337 g/mol. The highest BCUT2D eigenvalue weighted by atomic mass is 79.9. The second kappa shape index (κ2) is 6.45. The normalized spacial score (nSPS) is 12.7. The highest BCUT2D eigenvalue weighted by Crippen LogP contribution is 2.25. The van der Waals surface area contributed by atoms with Gasteiger partial charge >= 0.3 is 0 Å². The van der Waals surface area contributed by atoms with Gasteiger partial charge in [0.05, 0.1) is 21.9 Å². The van der Waals surface area contributed by atoms with E-state index in [0.717, 1.165) is 34.5 Å². The zero-order valence-corrected chi connectivity index (χ0v) is 13.9. The summed E-state index contributed by atoms with van der Waals surface area (Å²) in [6, 6.07) is 0.0771. The van der Waals surface area contributed by atoms with Crippen LogP contribution in [0.25, 0.3) is 0 Å². The summed E-state index contributed by atoms with van der Waals surface area (Å²) in [7, 11) is 1.93. The topological polar surface area (TPSA) is 55.6 Å². The van der Waals surface area contributed by atoms with E-state index in [1.54, 1.807) is 0 Å². The Bertz CT molecular complexity index is 576.